The van der Waals surface area contributed by atoms with Crippen LogP contribution in [0.25, 0.3) is 0 Å². The molecule has 0 spiro atoms. The molecule has 2 aromatic carbocycles. The fourth-order valence-electron chi connectivity index (χ4n) is 3.31. The lowest BCUT2D eigenvalue weighted by Crippen LogP contribution is -2.47. The molecule has 1 fully saturated rings. The summed E-state index contributed by atoms with van der Waals surface area (Å²) in [6, 6.07) is 12.2. The van der Waals surface area contributed by atoms with Crippen LogP contribution in [0.5, 0.6) is 5.75 Å². The van der Waals surface area contributed by atoms with Gasteiger partial charge in [-0.15, -0.1) is 0 Å². The van der Waals surface area contributed by atoms with Gasteiger partial charge in [0.1, 0.15) is 5.75 Å². The van der Waals surface area contributed by atoms with Gasteiger partial charge in [-0.3, -0.25) is 4.79 Å². The predicted octanol–water partition coefficient (Wildman–Crippen LogP) is 1.87. The first kappa shape index (κ1) is 21.3. The van der Waals surface area contributed by atoms with E-state index in [2.05, 4.69) is 10.2 Å². The second kappa shape index (κ2) is 8.94. The molecule has 0 bridgehead atoms. The van der Waals surface area contributed by atoms with Crippen LogP contribution >= 0.6 is 0 Å². The number of hydrogen-bond acceptors (Lipinski definition) is 5. The van der Waals surface area contributed by atoms with Crippen molar-refractivity contribution < 1.29 is 17.9 Å². The van der Waals surface area contributed by atoms with Crippen LogP contribution in [-0.2, 0) is 16.6 Å². The van der Waals surface area contributed by atoms with E-state index in [0.717, 1.165) is 5.56 Å². The van der Waals surface area contributed by atoms with E-state index in [1.54, 1.807) is 26.2 Å². The largest absolute Gasteiger partial charge is 0.496 e. The van der Waals surface area contributed by atoms with Crippen molar-refractivity contribution in [3.8, 4) is 5.75 Å². The van der Waals surface area contributed by atoms with Crippen molar-refractivity contribution in [2.75, 3.05) is 40.3 Å². The SMILES string of the molecule is COc1ccccc1CNC(=O)c1ccc(C)c(S(=O)(=O)N2CCN(C)CC2)c1. The molecule has 156 valence electrons. The molecule has 0 aliphatic carbocycles. The maximum absolute atomic E-state index is 13.1. The van der Waals surface area contributed by atoms with Gasteiger partial charge in [-0.05, 0) is 37.7 Å². The second-order valence-electron chi connectivity index (χ2n) is 7.18. The predicted molar refractivity (Wildman–Crippen MR) is 112 cm³/mol. The molecule has 0 atom stereocenters. The minimum atomic E-state index is -3.64. The zero-order valence-corrected chi connectivity index (χ0v) is 17.8. The molecule has 1 heterocycles. The normalized spacial score (nSPS) is 15.8. The quantitative estimate of drug-likeness (QED) is 0.776. The lowest BCUT2D eigenvalue weighted by Gasteiger charge is -2.32. The molecule has 1 saturated heterocycles. The Labute approximate surface area is 172 Å². The van der Waals surface area contributed by atoms with Gasteiger partial charge in [0, 0.05) is 43.9 Å². The van der Waals surface area contributed by atoms with Gasteiger partial charge in [0.2, 0.25) is 10.0 Å². The number of benzene rings is 2. The third-order valence-corrected chi connectivity index (χ3v) is 7.20. The Kier molecular flexibility index (Phi) is 6.56. The fraction of sp³-hybridized carbons (Fsp3) is 0.381. The lowest BCUT2D eigenvalue weighted by molar-refractivity contribution is 0.0950. The number of sulfonamides is 1. The second-order valence-corrected chi connectivity index (χ2v) is 9.09. The molecule has 0 radical (unpaired) electrons. The first-order valence-corrected chi connectivity index (χ1v) is 11.0. The number of carbonyl (C=O) groups is 1. The summed E-state index contributed by atoms with van der Waals surface area (Å²) in [6.45, 7) is 4.32. The van der Waals surface area contributed by atoms with E-state index in [9.17, 15) is 13.2 Å². The van der Waals surface area contributed by atoms with Crippen LogP contribution in [-0.4, -0.2) is 63.9 Å². The Bertz CT molecular complexity index is 983. The lowest BCUT2D eigenvalue weighted by atomic mass is 10.1. The van der Waals surface area contributed by atoms with E-state index in [0.29, 0.717) is 43.1 Å². The third kappa shape index (κ3) is 4.77. The van der Waals surface area contributed by atoms with Crippen molar-refractivity contribution in [2.45, 2.75) is 18.4 Å². The molecule has 2 aromatic rings. The van der Waals surface area contributed by atoms with E-state index < -0.39 is 10.0 Å². The van der Waals surface area contributed by atoms with E-state index in [1.807, 2.05) is 31.3 Å². The van der Waals surface area contributed by atoms with Crippen LogP contribution in [0.1, 0.15) is 21.5 Å². The van der Waals surface area contributed by atoms with Crippen LogP contribution in [0.15, 0.2) is 47.4 Å². The van der Waals surface area contributed by atoms with Gasteiger partial charge >= 0.3 is 0 Å². The summed E-state index contributed by atoms with van der Waals surface area (Å²) in [5.41, 5.74) is 1.80. The van der Waals surface area contributed by atoms with Crippen LogP contribution in [0.3, 0.4) is 0 Å². The Morgan fingerprint density at radius 1 is 1.10 bits per heavy atom. The zero-order valence-electron chi connectivity index (χ0n) is 17.0. The Hall–Kier alpha value is -2.42. The minimum Gasteiger partial charge on any atom is -0.496 e. The van der Waals surface area contributed by atoms with Crippen molar-refractivity contribution in [1.82, 2.24) is 14.5 Å². The average Bonchev–Trinajstić information content (AvgIpc) is 2.72. The number of hydrogen-bond donors (Lipinski definition) is 1. The number of aryl methyl sites for hydroxylation is 1. The molecule has 1 amide bonds. The van der Waals surface area contributed by atoms with Gasteiger partial charge in [0.05, 0.1) is 12.0 Å². The maximum Gasteiger partial charge on any atom is 0.251 e. The van der Waals surface area contributed by atoms with Gasteiger partial charge < -0.3 is 15.0 Å². The van der Waals surface area contributed by atoms with Crippen molar-refractivity contribution in [2.24, 2.45) is 0 Å². The number of rotatable bonds is 6. The number of piperazine rings is 1. The minimum absolute atomic E-state index is 0.187. The van der Waals surface area contributed by atoms with Crippen LogP contribution in [0.2, 0.25) is 0 Å². The summed E-state index contributed by atoms with van der Waals surface area (Å²) in [5, 5.41) is 2.84. The topological polar surface area (TPSA) is 78.9 Å². The van der Waals surface area contributed by atoms with Crippen molar-refractivity contribution in [3.63, 3.8) is 0 Å². The summed E-state index contributed by atoms with van der Waals surface area (Å²) in [5.74, 6) is 0.362. The highest BCUT2D eigenvalue weighted by molar-refractivity contribution is 7.89. The van der Waals surface area contributed by atoms with Crippen molar-refractivity contribution in [1.29, 1.82) is 0 Å². The summed E-state index contributed by atoms with van der Waals surface area (Å²) < 4.78 is 33.0. The maximum atomic E-state index is 13.1. The first-order valence-electron chi connectivity index (χ1n) is 9.52. The van der Waals surface area contributed by atoms with Crippen LogP contribution < -0.4 is 10.1 Å². The summed E-state index contributed by atoms with van der Waals surface area (Å²) in [6.07, 6.45) is 0. The highest BCUT2D eigenvalue weighted by Gasteiger charge is 2.29. The molecule has 0 aromatic heterocycles. The molecule has 8 heteroatoms. The standard InChI is InChI=1S/C21H27N3O4S/c1-16-8-9-17(21(25)22-15-18-6-4-5-7-19(18)28-3)14-20(16)29(26,27)24-12-10-23(2)11-13-24/h4-9,14H,10-13,15H2,1-3H3,(H,22,25). The van der Waals surface area contributed by atoms with Gasteiger partial charge in [0.15, 0.2) is 0 Å². The number of methoxy groups -OCH3 is 1. The van der Waals surface area contributed by atoms with Gasteiger partial charge in [-0.2, -0.15) is 4.31 Å². The summed E-state index contributed by atoms with van der Waals surface area (Å²) >= 11 is 0. The average molecular weight is 418 g/mol. The van der Waals surface area contributed by atoms with Gasteiger partial charge in [-0.1, -0.05) is 24.3 Å². The molecule has 29 heavy (non-hydrogen) atoms. The van der Waals surface area contributed by atoms with Crippen LogP contribution in [0, 0.1) is 6.92 Å². The number of ether oxygens (including phenoxy) is 1. The van der Waals surface area contributed by atoms with Crippen molar-refractivity contribution in [3.05, 3.63) is 59.2 Å². The van der Waals surface area contributed by atoms with Gasteiger partial charge in [-0.25, -0.2) is 8.42 Å². The number of likely N-dealkylation sites (N-methyl/N-ethyl adjacent to an activating group) is 1. The van der Waals surface area contributed by atoms with E-state index in [-0.39, 0.29) is 17.3 Å². The van der Waals surface area contributed by atoms with E-state index in [4.69, 9.17) is 4.74 Å². The molecule has 1 N–H and O–H groups in total. The molecule has 1 aliphatic rings. The first-order chi connectivity index (χ1) is 13.8. The van der Waals surface area contributed by atoms with E-state index in [1.165, 1.54) is 10.4 Å². The monoisotopic (exact) mass is 417 g/mol. The molecule has 7 nitrogen and oxygen atoms in total. The van der Waals surface area contributed by atoms with Gasteiger partial charge in [0.25, 0.3) is 5.91 Å². The molecular weight excluding hydrogens is 390 g/mol. The molecular formula is C21H27N3O4S. The third-order valence-electron chi connectivity index (χ3n) is 5.16. The van der Waals surface area contributed by atoms with Crippen molar-refractivity contribution >= 4 is 15.9 Å². The molecule has 3 rings (SSSR count). The summed E-state index contributed by atoms with van der Waals surface area (Å²) in [4.78, 5) is 14.9. The fourth-order valence-corrected chi connectivity index (χ4v) is 4.99. The molecule has 1 aliphatic heterocycles. The number of carbonyl (C=O) groups excluding carboxylic acids is 1. The highest BCUT2D eigenvalue weighted by Crippen LogP contribution is 2.23. The summed E-state index contributed by atoms with van der Waals surface area (Å²) in [7, 11) is -0.0897. The zero-order chi connectivity index (χ0) is 21.0. The molecule has 0 unspecified atom stereocenters. The molecule has 0 saturated carbocycles. The van der Waals surface area contributed by atoms with Crippen LogP contribution in [0.4, 0.5) is 0 Å². The smallest absolute Gasteiger partial charge is 0.251 e. The Balaban J connectivity index is 1.78. The number of para-hydroxylation sites is 1. The van der Waals surface area contributed by atoms with E-state index >= 15 is 0 Å². The number of nitrogens with zero attached hydrogens (tertiary/aromatic N) is 2. The Morgan fingerprint density at radius 2 is 1.79 bits per heavy atom. The highest BCUT2D eigenvalue weighted by atomic mass is 32.2. The Morgan fingerprint density at radius 3 is 2.48 bits per heavy atom. The number of nitrogens with one attached hydrogen (secondary N) is 1. The number of amides is 1.